The van der Waals surface area contributed by atoms with Gasteiger partial charge < -0.3 is 29.0 Å². The van der Waals surface area contributed by atoms with Crippen molar-refractivity contribution in [3.8, 4) is 0 Å². The molecule has 1 aromatic carbocycles. The number of nitrogens with zero attached hydrogens (tertiary/aromatic N) is 2. The number of carbonyl (C=O) groups is 2. The fourth-order valence-electron chi connectivity index (χ4n) is 3.54. The highest BCUT2D eigenvalue weighted by Gasteiger charge is 2.24. The SMILES string of the molecule is COCC(=O)N(Cc1cc(NC(=O)c2ccco2)ccc1N(C)C)C[C@@H]1CCCO1. The van der Waals surface area contributed by atoms with Crippen LogP contribution in [0.1, 0.15) is 29.0 Å². The normalized spacial score (nSPS) is 15.8. The summed E-state index contributed by atoms with van der Waals surface area (Å²) < 4.78 is 16.0. The van der Waals surface area contributed by atoms with Gasteiger partial charge >= 0.3 is 0 Å². The van der Waals surface area contributed by atoms with Crippen LogP contribution in [0.3, 0.4) is 0 Å². The van der Waals surface area contributed by atoms with E-state index in [2.05, 4.69) is 5.32 Å². The molecule has 30 heavy (non-hydrogen) atoms. The predicted octanol–water partition coefficient (Wildman–Crippen LogP) is 2.75. The zero-order valence-electron chi connectivity index (χ0n) is 17.7. The molecule has 2 heterocycles. The molecule has 2 aromatic rings. The van der Waals surface area contributed by atoms with Crippen LogP contribution in [0, 0.1) is 0 Å². The van der Waals surface area contributed by atoms with E-state index in [-0.39, 0.29) is 30.3 Å². The molecule has 1 aliphatic rings. The number of hydrogen-bond donors (Lipinski definition) is 1. The summed E-state index contributed by atoms with van der Waals surface area (Å²) in [6, 6.07) is 8.93. The van der Waals surface area contributed by atoms with Crippen LogP contribution in [0.25, 0.3) is 0 Å². The van der Waals surface area contributed by atoms with Gasteiger partial charge in [0.2, 0.25) is 5.91 Å². The van der Waals surface area contributed by atoms with E-state index in [1.165, 1.54) is 13.4 Å². The van der Waals surface area contributed by atoms with Crippen molar-refractivity contribution in [1.29, 1.82) is 0 Å². The summed E-state index contributed by atoms with van der Waals surface area (Å²) in [7, 11) is 5.40. The molecule has 162 valence electrons. The lowest BCUT2D eigenvalue weighted by Crippen LogP contribution is -2.39. The minimum absolute atomic E-state index is 0.0128. The maximum Gasteiger partial charge on any atom is 0.291 e. The summed E-state index contributed by atoms with van der Waals surface area (Å²) >= 11 is 0. The molecular formula is C22H29N3O5. The fourth-order valence-corrected chi connectivity index (χ4v) is 3.54. The first-order chi connectivity index (χ1) is 14.5. The number of carbonyl (C=O) groups excluding carboxylic acids is 2. The second kappa shape index (κ2) is 10.3. The number of methoxy groups -OCH3 is 1. The zero-order chi connectivity index (χ0) is 21.5. The topological polar surface area (TPSA) is 84.2 Å². The Balaban J connectivity index is 1.82. The largest absolute Gasteiger partial charge is 0.459 e. The summed E-state index contributed by atoms with van der Waals surface area (Å²) in [6.07, 6.45) is 3.44. The van der Waals surface area contributed by atoms with Crippen LogP contribution in [0.2, 0.25) is 0 Å². The molecule has 2 amide bonds. The lowest BCUT2D eigenvalue weighted by molar-refractivity contribution is -0.137. The Morgan fingerprint density at radius 3 is 2.73 bits per heavy atom. The van der Waals surface area contributed by atoms with Crippen molar-refractivity contribution < 1.29 is 23.5 Å². The fraction of sp³-hybridized carbons (Fsp3) is 0.455. The van der Waals surface area contributed by atoms with Gasteiger partial charge in [-0.25, -0.2) is 0 Å². The van der Waals surface area contributed by atoms with Gasteiger partial charge in [-0.3, -0.25) is 9.59 Å². The maximum atomic E-state index is 12.7. The van der Waals surface area contributed by atoms with Gasteiger partial charge in [-0.15, -0.1) is 0 Å². The van der Waals surface area contributed by atoms with Crippen LogP contribution >= 0.6 is 0 Å². The lowest BCUT2D eigenvalue weighted by atomic mass is 10.1. The van der Waals surface area contributed by atoms with Crippen LogP contribution in [0.4, 0.5) is 11.4 Å². The van der Waals surface area contributed by atoms with Gasteiger partial charge in [0.05, 0.1) is 12.4 Å². The molecule has 0 bridgehead atoms. The minimum Gasteiger partial charge on any atom is -0.459 e. The van der Waals surface area contributed by atoms with E-state index in [0.717, 1.165) is 30.7 Å². The van der Waals surface area contributed by atoms with Crippen molar-refractivity contribution in [2.24, 2.45) is 0 Å². The molecule has 1 atom stereocenters. The third-order valence-electron chi connectivity index (χ3n) is 4.99. The average molecular weight is 415 g/mol. The highest BCUT2D eigenvalue weighted by atomic mass is 16.5. The number of ether oxygens (including phenoxy) is 2. The molecule has 0 aliphatic carbocycles. The Labute approximate surface area is 176 Å². The molecular weight excluding hydrogens is 386 g/mol. The molecule has 8 heteroatoms. The standard InChI is InChI=1S/C22H29N3O5/c1-24(2)19-9-8-17(23-22(27)20-7-5-11-30-20)12-16(19)13-25(21(26)15-28-3)14-18-6-4-10-29-18/h5,7-9,11-12,18H,4,6,10,13-15H2,1-3H3,(H,23,27)/t18-/m0/s1. The lowest BCUT2D eigenvalue weighted by Gasteiger charge is -2.28. The zero-order valence-corrected chi connectivity index (χ0v) is 17.7. The number of furan rings is 1. The van der Waals surface area contributed by atoms with Crippen molar-refractivity contribution in [2.45, 2.75) is 25.5 Å². The molecule has 0 saturated carbocycles. The molecule has 1 saturated heterocycles. The molecule has 1 aliphatic heterocycles. The molecule has 1 N–H and O–H groups in total. The Morgan fingerprint density at radius 2 is 2.10 bits per heavy atom. The highest BCUT2D eigenvalue weighted by molar-refractivity contribution is 6.02. The number of hydrogen-bond acceptors (Lipinski definition) is 6. The molecule has 0 radical (unpaired) electrons. The van der Waals surface area contributed by atoms with E-state index in [0.29, 0.717) is 18.8 Å². The van der Waals surface area contributed by atoms with Crippen molar-refractivity contribution in [1.82, 2.24) is 4.90 Å². The van der Waals surface area contributed by atoms with Crippen LogP contribution < -0.4 is 10.2 Å². The van der Waals surface area contributed by atoms with Gasteiger partial charge in [-0.05, 0) is 48.7 Å². The van der Waals surface area contributed by atoms with Crippen LogP contribution in [-0.2, 0) is 20.8 Å². The van der Waals surface area contributed by atoms with Gasteiger partial charge in [-0.1, -0.05) is 0 Å². The molecule has 8 nitrogen and oxygen atoms in total. The number of rotatable bonds is 9. The number of anilines is 2. The van der Waals surface area contributed by atoms with Gasteiger partial charge in [0.15, 0.2) is 5.76 Å². The Morgan fingerprint density at radius 1 is 1.27 bits per heavy atom. The van der Waals surface area contributed by atoms with E-state index < -0.39 is 0 Å². The van der Waals surface area contributed by atoms with Crippen LogP contribution in [0.15, 0.2) is 41.0 Å². The van der Waals surface area contributed by atoms with E-state index in [4.69, 9.17) is 13.9 Å². The molecule has 0 unspecified atom stereocenters. The van der Waals surface area contributed by atoms with Crippen molar-refractivity contribution in [3.63, 3.8) is 0 Å². The van der Waals surface area contributed by atoms with E-state index in [1.54, 1.807) is 17.0 Å². The minimum atomic E-state index is -0.324. The second-order valence-corrected chi connectivity index (χ2v) is 7.51. The number of benzene rings is 1. The quantitative estimate of drug-likeness (QED) is 0.678. The maximum absolute atomic E-state index is 12.7. The van der Waals surface area contributed by atoms with E-state index in [9.17, 15) is 9.59 Å². The molecule has 0 spiro atoms. The molecule has 3 rings (SSSR count). The third kappa shape index (κ3) is 5.61. The summed E-state index contributed by atoms with van der Waals surface area (Å²) in [5.74, 6) is -0.179. The van der Waals surface area contributed by atoms with Crippen molar-refractivity contribution in [3.05, 3.63) is 47.9 Å². The molecule has 1 aromatic heterocycles. The first kappa shape index (κ1) is 21.9. The van der Waals surface area contributed by atoms with E-state index >= 15 is 0 Å². The van der Waals surface area contributed by atoms with Crippen LogP contribution in [-0.4, -0.2) is 63.8 Å². The number of nitrogens with one attached hydrogen (secondary N) is 1. The number of amides is 2. The summed E-state index contributed by atoms with van der Waals surface area (Å²) in [5, 5.41) is 2.85. The van der Waals surface area contributed by atoms with Gasteiger partial charge in [0.1, 0.15) is 6.61 Å². The summed E-state index contributed by atoms with van der Waals surface area (Å²) in [5.41, 5.74) is 2.52. The van der Waals surface area contributed by atoms with Crippen molar-refractivity contribution >= 4 is 23.2 Å². The summed E-state index contributed by atoms with van der Waals surface area (Å²) in [4.78, 5) is 28.8. The molecule has 1 fully saturated rings. The Hall–Kier alpha value is -2.84. The Kier molecular flexibility index (Phi) is 7.48. The van der Waals surface area contributed by atoms with E-state index in [1.807, 2.05) is 37.2 Å². The second-order valence-electron chi connectivity index (χ2n) is 7.51. The van der Waals surface area contributed by atoms with Gasteiger partial charge in [0, 0.05) is 52.3 Å². The monoisotopic (exact) mass is 415 g/mol. The average Bonchev–Trinajstić information content (AvgIpc) is 3.42. The Bertz CT molecular complexity index is 844. The van der Waals surface area contributed by atoms with Gasteiger partial charge in [-0.2, -0.15) is 0 Å². The van der Waals surface area contributed by atoms with Crippen molar-refractivity contribution in [2.75, 3.05) is 51.2 Å². The summed E-state index contributed by atoms with van der Waals surface area (Å²) in [6.45, 7) is 1.64. The van der Waals surface area contributed by atoms with Gasteiger partial charge in [0.25, 0.3) is 5.91 Å². The first-order valence-corrected chi connectivity index (χ1v) is 10.0. The first-order valence-electron chi connectivity index (χ1n) is 10.0. The predicted molar refractivity (Wildman–Crippen MR) is 114 cm³/mol. The van der Waals surface area contributed by atoms with Crippen LogP contribution in [0.5, 0.6) is 0 Å². The smallest absolute Gasteiger partial charge is 0.291 e. The third-order valence-corrected chi connectivity index (χ3v) is 4.99. The highest BCUT2D eigenvalue weighted by Crippen LogP contribution is 2.26.